The molecule has 0 aliphatic carbocycles. The smallest absolute Gasteiger partial charge is 0.248 e. The van der Waals surface area contributed by atoms with Gasteiger partial charge in [-0.1, -0.05) is 30.3 Å². The zero-order valence-corrected chi connectivity index (χ0v) is 18.1. The van der Waals surface area contributed by atoms with E-state index in [1.807, 2.05) is 18.2 Å². The normalized spacial score (nSPS) is 23.3. The number of nitrogens with two attached hydrogens (primary N) is 1. The second-order valence-electron chi connectivity index (χ2n) is 8.48. The average molecular weight is 425 g/mol. The number of ether oxygens (including phenoxy) is 1. The van der Waals surface area contributed by atoms with Crippen molar-refractivity contribution in [3.05, 3.63) is 65.7 Å². The number of likely N-dealkylation sites (tertiary alicyclic amines) is 1. The Kier molecular flexibility index (Phi) is 6.87. The lowest BCUT2D eigenvalue weighted by atomic mass is 10.0. The molecule has 3 unspecified atom stereocenters. The summed E-state index contributed by atoms with van der Waals surface area (Å²) in [4.78, 5) is 18.3. The van der Waals surface area contributed by atoms with Crippen molar-refractivity contribution >= 4 is 11.6 Å². The van der Waals surface area contributed by atoms with Gasteiger partial charge < -0.3 is 20.5 Å². The van der Waals surface area contributed by atoms with Crippen molar-refractivity contribution in [2.75, 3.05) is 51.3 Å². The van der Waals surface area contributed by atoms with E-state index in [0.717, 1.165) is 44.8 Å². The summed E-state index contributed by atoms with van der Waals surface area (Å²) in [6.07, 6.45) is 0.536. The molecule has 2 heterocycles. The Bertz CT molecular complexity index is 861. The fraction of sp³-hybridized carbons (Fsp3) is 0.458. The Morgan fingerprint density at radius 2 is 1.90 bits per heavy atom. The van der Waals surface area contributed by atoms with Crippen LogP contribution < -0.4 is 10.6 Å². The number of nitrogens with zero attached hydrogens (tertiary/aromatic N) is 3. The molecule has 4 rings (SSSR count). The van der Waals surface area contributed by atoms with Crippen LogP contribution in [0.1, 0.15) is 28.4 Å². The molecule has 2 aliphatic rings. The molecule has 7 nitrogen and oxygen atoms in total. The van der Waals surface area contributed by atoms with Crippen LogP contribution >= 0.6 is 0 Å². The van der Waals surface area contributed by atoms with Gasteiger partial charge >= 0.3 is 0 Å². The molecule has 1 amide bonds. The van der Waals surface area contributed by atoms with E-state index in [1.54, 1.807) is 12.1 Å². The van der Waals surface area contributed by atoms with Crippen LogP contribution in [0.5, 0.6) is 0 Å². The van der Waals surface area contributed by atoms with Crippen LogP contribution in [0, 0.1) is 0 Å². The maximum atomic E-state index is 11.4. The molecule has 0 aromatic heterocycles. The van der Waals surface area contributed by atoms with Crippen molar-refractivity contribution in [3.8, 4) is 0 Å². The van der Waals surface area contributed by atoms with Crippen LogP contribution in [0.15, 0.2) is 54.6 Å². The van der Waals surface area contributed by atoms with Crippen molar-refractivity contribution in [1.29, 1.82) is 0 Å². The Labute approximate surface area is 184 Å². The molecule has 0 bridgehead atoms. The Balaban J connectivity index is 1.49. The number of hydrogen-bond donors (Lipinski definition) is 2. The molecule has 2 fully saturated rings. The number of anilines is 1. The Hall–Kier alpha value is -2.45. The van der Waals surface area contributed by atoms with E-state index in [1.165, 1.54) is 5.56 Å². The first-order chi connectivity index (χ1) is 15.0. The average Bonchev–Trinajstić information content (AvgIpc) is 3.22. The Morgan fingerprint density at radius 1 is 1.16 bits per heavy atom. The minimum Gasteiger partial charge on any atom is -0.392 e. The fourth-order valence-corrected chi connectivity index (χ4v) is 4.52. The summed E-state index contributed by atoms with van der Waals surface area (Å²) in [6, 6.07) is 18.1. The van der Waals surface area contributed by atoms with E-state index in [9.17, 15) is 9.90 Å². The minimum absolute atomic E-state index is 0.0673. The molecule has 3 N–H and O–H groups in total. The highest BCUT2D eigenvalue weighted by Crippen LogP contribution is 2.27. The minimum atomic E-state index is -0.413. The van der Waals surface area contributed by atoms with E-state index < -0.39 is 5.91 Å². The lowest BCUT2D eigenvalue weighted by molar-refractivity contribution is -0.0775. The molecule has 2 aromatic rings. The maximum Gasteiger partial charge on any atom is 0.248 e. The first kappa shape index (κ1) is 21.8. The monoisotopic (exact) mass is 424 g/mol. The van der Waals surface area contributed by atoms with Gasteiger partial charge in [-0.05, 0) is 43.3 Å². The van der Waals surface area contributed by atoms with Crippen LogP contribution in [0.3, 0.4) is 0 Å². The topological polar surface area (TPSA) is 82.3 Å². The summed E-state index contributed by atoms with van der Waals surface area (Å²) in [5.41, 5.74) is 8.19. The molecule has 0 saturated carbocycles. The zero-order chi connectivity index (χ0) is 21.8. The number of β-amino-alcohol motifs (C(OH)–C–C–N with tert-alkyl or cyclic N) is 1. The first-order valence-corrected chi connectivity index (χ1v) is 10.9. The highest BCUT2D eigenvalue weighted by Gasteiger charge is 2.32. The van der Waals surface area contributed by atoms with E-state index in [-0.39, 0.29) is 18.4 Å². The van der Waals surface area contributed by atoms with Gasteiger partial charge in [-0.3, -0.25) is 14.6 Å². The van der Waals surface area contributed by atoms with Gasteiger partial charge in [0, 0.05) is 43.5 Å². The molecular weight excluding hydrogens is 392 g/mol. The van der Waals surface area contributed by atoms with Gasteiger partial charge in [0.15, 0.2) is 0 Å². The number of likely N-dealkylation sites (N-methyl/N-ethyl adjacent to an activating group) is 1. The largest absolute Gasteiger partial charge is 0.392 e. The van der Waals surface area contributed by atoms with Crippen LogP contribution in [0.25, 0.3) is 0 Å². The Morgan fingerprint density at radius 3 is 2.55 bits per heavy atom. The van der Waals surface area contributed by atoms with Gasteiger partial charge in [-0.2, -0.15) is 0 Å². The molecule has 0 radical (unpaired) electrons. The molecule has 7 heteroatoms. The van der Waals surface area contributed by atoms with Crippen LogP contribution in [0.2, 0.25) is 0 Å². The number of benzene rings is 2. The number of rotatable bonds is 7. The van der Waals surface area contributed by atoms with E-state index >= 15 is 0 Å². The fourth-order valence-electron chi connectivity index (χ4n) is 4.52. The van der Waals surface area contributed by atoms with E-state index in [4.69, 9.17) is 10.5 Å². The maximum absolute atomic E-state index is 11.4. The standard InChI is InChI=1S/C24H32N4O3/c1-26(22(18-5-3-2-4-6-18)16-27-12-11-21(29)15-27)23-17-28(13-14-31-23)20-9-7-19(8-10-20)24(25)30/h2-10,21-23,29H,11-17H2,1H3,(H2,25,30). The second-order valence-corrected chi connectivity index (χ2v) is 8.48. The number of carbonyl (C=O) groups is 1. The van der Waals surface area contributed by atoms with Crippen LogP contribution in [0.4, 0.5) is 5.69 Å². The molecule has 2 saturated heterocycles. The third-order valence-corrected chi connectivity index (χ3v) is 6.37. The number of carbonyl (C=O) groups excluding carboxylic acids is 1. The quantitative estimate of drug-likeness (QED) is 0.704. The summed E-state index contributed by atoms with van der Waals surface area (Å²) >= 11 is 0. The number of aliphatic hydroxyl groups is 1. The first-order valence-electron chi connectivity index (χ1n) is 10.9. The molecule has 2 aromatic carbocycles. The third-order valence-electron chi connectivity index (χ3n) is 6.37. The van der Waals surface area contributed by atoms with Gasteiger partial charge in [0.1, 0.15) is 6.23 Å². The SMILES string of the molecule is CN(C1CN(c2ccc(C(N)=O)cc2)CCO1)C(CN1CCC(O)C1)c1ccccc1. The third kappa shape index (κ3) is 5.25. The number of amides is 1. The van der Waals surface area contributed by atoms with Crippen molar-refractivity contribution < 1.29 is 14.6 Å². The molecule has 3 atom stereocenters. The molecular formula is C24H32N4O3. The van der Waals surface area contributed by atoms with Crippen molar-refractivity contribution in [1.82, 2.24) is 9.80 Å². The number of hydrogen-bond acceptors (Lipinski definition) is 6. The zero-order valence-electron chi connectivity index (χ0n) is 18.1. The summed E-state index contributed by atoms with van der Waals surface area (Å²) < 4.78 is 6.18. The number of primary amides is 1. The summed E-state index contributed by atoms with van der Waals surface area (Å²) in [5.74, 6) is -0.413. The predicted molar refractivity (Wildman–Crippen MR) is 121 cm³/mol. The van der Waals surface area contributed by atoms with E-state index in [2.05, 4.69) is 46.0 Å². The lowest BCUT2D eigenvalue weighted by Crippen LogP contribution is -2.52. The lowest BCUT2D eigenvalue weighted by Gasteiger charge is -2.42. The summed E-state index contributed by atoms with van der Waals surface area (Å²) in [5, 5.41) is 9.97. The number of aliphatic hydroxyl groups excluding tert-OH is 1. The predicted octanol–water partition coefficient (Wildman–Crippen LogP) is 1.69. The van der Waals surface area contributed by atoms with Gasteiger partial charge in [0.2, 0.25) is 5.91 Å². The van der Waals surface area contributed by atoms with Crippen LogP contribution in [-0.4, -0.2) is 79.5 Å². The molecule has 2 aliphatic heterocycles. The van der Waals surface area contributed by atoms with E-state index in [0.29, 0.717) is 12.2 Å². The number of morpholine rings is 1. The van der Waals surface area contributed by atoms with Crippen molar-refractivity contribution in [3.63, 3.8) is 0 Å². The second kappa shape index (κ2) is 9.78. The van der Waals surface area contributed by atoms with Gasteiger partial charge in [0.25, 0.3) is 0 Å². The van der Waals surface area contributed by atoms with Crippen molar-refractivity contribution in [2.24, 2.45) is 5.73 Å². The summed E-state index contributed by atoms with van der Waals surface area (Å²) in [7, 11) is 2.12. The van der Waals surface area contributed by atoms with Gasteiger partial charge in [-0.15, -0.1) is 0 Å². The molecule has 31 heavy (non-hydrogen) atoms. The van der Waals surface area contributed by atoms with Gasteiger partial charge in [0.05, 0.1) is 19.3 Å². The van der Waals surface area contributed by atoms with Gasteiger partial charge in [-0.25, -0.2) is 0 Å². The van der Waals surface area contributed by atoms with Crippen molar-refractivity contribution in [2.45, 2.75) is 24.8 Å². The van der Waals surface area contributed by atoms with Crippen LogP contribution in [-0.2, 0) is 4.74 Å². The summed E-state index contributed by atoms with van der Waals surface area (Å²) in [6.45, 7) is 4.66. The molecule has 0 spiro atoms. The molecule has 166 valence electrons. The highest BCUT2D eigenvalue weighted by molar-refractivity contribution is 5.93. The highest BCUT2D eigenvalue weighted by atomic mass is 16.5.